The summed E-state index contributed by atoms with van der Waals surface area (Å²) in [6.07, 6.45) is 2.87. The molecule has 9 heteroatoms. The molecule has 0 radical (unpaired) electrons. The van der Waals surface area contributed by atoms with Crippen LogP contribution in [0.5, 0.6) is 0 Å². The van der Waals surface area contributed by atoms with E-state index in [1.54, 1.807) is 28.9 Å². The minimum Gasteiger partial charge on any atom is -0.360 e. The molecule has 128 valence electrons. The van der Waals surface area contributed by atoms with Crippen LogP contribution in [0.2, 0.25) is 0 Å². The van der Waals surface area contributed by atoms with Crippen LogP contribution in [-0.2, 0) is 10.0 Å². The molecule has 0 aliphatic carbocycles. The molecule has 0 saturated carbocycles. The molecule has 7 nitrogen and oxygen atoms in total. The number of nitrogens with zero attached hydrogens (tertiary/aromatic N) is 3. The van der Waals surface area contributed by atoms with Gasteiger partial charge in [-0.15, -0.1) is 5.10 Å². The maximum atomic E-state index is 11.4. The monoisotopic (exact) mass is 365 g/mol. The minimum absolute atomic E-state index is 0.512. The molecule has 24 heavy (non-hydrogen) atoms. The van der Waals surface area contributed by atoms with Crippen LogP contribution in [0.1, 0.15) is 13.8 Å². The molecular weight excluding hydrogens is 346 g/mol. The smallest absolute Gasteiger partial charge is 0.229 e. The Morgan fingerprint density at radius 3 is 2.83 bits per heavy atom. The maximum Gasteiger partial charge on any atom is 0.229 e. The van der Waals surface area contributed by atoms with Gasteiger partial charge in [-0.25, -0.2) is 17.9 Å². The van der Waals surface area contributed by atoms with E-state index in [1.165, 1.54) is 11.3 Å². The van der Waals surface area contributed by atoms with Gasteiger partial charge in [0.25, 0.3) is 0 Å². The molecule has 3 aromatic rings. The zero-order chi connectivity index (χ0) is 17.3. The molecule has 2 N–H and O–H groups in total. The molecule has 0 saturated heterocycles. The summed E-state index contributed by atoms with van der Waals surface area (Å²) in [6, 6.07) is 7.18. The van der Waals surface area contributed by atoms with Gasteiger partial charge in [-0.2, -0.15) is 0 Å². The number of nitrogens with one attached hydrogen (secondary N) is 2. The van der Waals surface area contributed by atoms with Crippen LogP contribution < -0.4 is 10.0 Å². The van der Waals surface area contributed by atoms with Crippen molar-refractivity contribution in [2.24, 2.45) is 5.92 Å². The van der Waals surface area contributed by atoms with E-state index in [0.717, 1.165) is 34.2 Å². The fourth-order valence-electron chi connectivity index (χ4n) is 2.21. The van der Waals surface area contributed by atoms with Crippen molar-refractivity contribution in [2.45, 2.75) is 13.8 Å². The average Bonchev–Trinajstić information content (AvgIpc) is 3.03. The molecule has 1 aromatic carbocycles. The Kier molecular flexibility index (Phi) is 4.46. The standard InChI is InChI=1S/C15H19N5O2S2/c1-10(2)8-16-14-18-20-13(9-17-15(20)23-14)11-5-4-6-12(7-11)19-24(3,21)22/h4-7,9-10,19H,8H2,1-3H3,(H,16,18). The first kappa shape index (κ1) is 16.7. The average molecular weight is 365 g/mol. The van der Waals surface area contributed by atoms with Gasteiger partial charge in [0.15, 0.2) is 0 Å². The first-order valence-corrected chi connectivity index (χ1v) is 10.2. The van der Waals surface area contributed by atoms with E-state index >= 15 is 0 Å². The summed E-state index contributed by atoms with van der Waals surface area (Å²) in [5.74, 6) is 0.527. The van der Waals surface area contributed by atoms with Crippen molar-refractivity contribution in [3.63, 3.8) is 0 Å². The lowest BCUT2D eigenvalue weighted by molar-refractivity contribution is 0.607. The molecule has 3 rings (SSSR count). The Bertz CT molecular complexity index is 959. The fraction of sp³-hybridized carbons (Fsp3) is 0.333. The number of aromatic nitrogens is 3. The zero-order valence-corrected chi connectivity index (χ0v) is 15.3. The van der Waals surface area contributed by atoms with Crippen LogP contribution in [0.3, 0.4) is 0 Å². The number of imidazole rings is 1. The second-order valence-electron chi connectivity index (χ2n) is 5.97. The first-order valence-electron chi connectivity index (χ1n) is 7.48. The highest BCUT2D eigenvalue weighted by Crippen LogP contribution is 2.27. The molecule has 0 aliphatic rings. The second kappa shape index (κ2) is 6.40. The number of hydrogen-bond acceptors (Lipinski definition) is 6. The third-order valence-corrected chi connectivity index (χ3v) is 4.70. The number of sulfonamides is 1. The molecule has 0 amide bonds. The van der Waals surface area contributed by atoms with E-state index in [1.807, 2.05) is 6.07 Å². The Morgan fingerprint density at radius 1 is 1.33 bits per heavy atom. The molecular formula is C15H19N5O2S2. The highest BCUT2D eigenvalue weighted by atomic mass is 32.2. The van der Waals surface area contributed by atoms with Gasteiger partial charge in [0.05, 0.1) is 18.1 Å². The maximum absolute atomic E-state index is 11.4. The highest BCUT2D eigenvalue weighted by Gasteiger charge is 2.12. The minimum atomic E-state index is -3.31. The van der Waals surface area contributed by atoms with E-state index in [4.69, 9.17) is 0 Å². The van der Waals surface area contributed by atoms with Crippen molar-refractivity contribution < 1.29 is 8.42 Å². The van der Waals surface area contributed by atoms with Crippen LogP contribution in [-0.4, -0.2) is 35.8 Å². The van der Waals surface area contributed by atoms with E-state index in [2.05, 4.69) is 34.0 Å². The molecule has 0 spiro atoms. The van der Waals surface area contributed by atoms with Gasteiger partial charge in [0.2, 0.25) is 20.1 Å². The van der Waals surface area contributed by atoms with E-state index < -0.39 is 10.0 Å². The Labute approximate surface area is 144 Å². The highest BCUT2D eigenvalue weighted by molar-refractivity contribution is 7.92. The summed E-state index contributed by atoms with van der Waals surface area (Å²) < 4.78 is 27.0. The summed E-state index contributed by atoms with van der Waals surface area (Å²) >= 11 is 1.49. The largest absolute Gasteiger partial charge is 0.360 e. The Balaban J connectivity index is 1.93. The van der Waals surface area contributed by atoms with Gasteiger partial charge < -0.3 is 5.32 Å². The van der Waals surface area contributed by atoms with Crippen molar-refractivity contribution in [2.75, 3.05) is 22.8 Å². The summed E-state index contributed by atoms with van der Waals surface area (Å²) in [7, 11) is -3.31. The van der Waals surface area contributed by atoms with E-state index in [-0.39, 0.29) is 0 Å². The number of rotatable bonds is 6. The second-order valence-corrected chi connectivity index (χ2v) is 8.68. The van der Waals surface area contributed by atoms with Crippen molar-refractivity contribution in [3.8, 4) is 11.3 Å². The van der Waals surface area contributed by atoms with Crippen LogP contribution in [0.25, 0.3) is 16.2 Å². The number of benzene rings is 1. The lowest BCUT2D eigenvalue weighted by Gasteiger charge is -2.06. The molecule has 0 aliphatic heterocycles. The number of fused-ring (bicyclic) bond motifs is 1. The molecule has 2 aromatic heterocycles. The predicted octanol–water partition coefficient (Wildman–Crippen LogP) is 2.90. The summed E-state index contributed by atoms with van der Waals surface area (Å²) in [5, 5.41) is 8.66. The third kappa shape index (κ3) is 3.85. The van der Waals surface area contributed by atoms with Crippen molar-refractivity contribution in [1.29, 1.82) is 0 Å². The lowest BCUT2D eigenvalue weighted by Crippen LogP contribution is -2.09. The van der Waals surface area contributed by atoms with Gasteiger partial charge in [-0.1, -0.05) is 37.3 Å². The molecule has 0 atom stereocenters. The van der Waals surface area contributed by atoms with Crippen LogP contribution in [0.15, 0.2) is 30.5 Å². The van der Waals surface area contributed by atoms with Gasteiger partial charge in [0.1, 0.15) is 0 Å². The molecule has 0 bridgehead atoms. The van der Waals surface area contributed by atoms with Gasteiger partial charge >= 0.3 is 0 Å². The van der Waals surface area contributed by atoms with Crippen molar-refractivity contribution in [3.05, 3.63) is 30.5 Å². The zero-order valence-electron chi connectivity index (χ0n) is 13.6. The number of anilines is 2. The Hall–Kier alpha value is -2.13. The SMILES string of the molecule is CC(C)CNc1nn2c(-c3cccc(NS(C)(=O)=O)c3)cnc2s1. The van der Waals surface area contributed by atoms with Gasteiger partial charge in [-0.3, -0.25) is 4.72 Å². The van der Waals surface area contributed by atoms with Crippen LogP contribution in [0.4, 0.5) is 10.8 Å². The first-order chi connectivity index (χ1) is 11.3. The third-order valence-electron chi connectivity index (χ3n) is 3.21. The molecule has 0 unspecified atom stereocenters. The summed E-state index contributed by atoms with van der Waals surface area (Å²) in [6.45, 7) is 5.12. The quantitative estimate of drug-likeness (QED) is 0.701. The Morgan fingerprint density at radius 2 is 2.12 bits per heavy atom. The van der Waals surface area contributed by atoms with Gasteiger partial charge in [0, 0.05) is 17.8 Å². The number of hydrogen-bond donors (Lipinski definition) is 2. The van der Waals surface area contributed by atoms with Crippen molar-refractivity contribution in [1.82, 2.24) is 14.6 Å². The normalized spacial score (nSPS) is 12.0. The predicted molar refractivity (Wildman–Crippen MR) is 98.1 cm³/mol. The molecule has 0 fully saturated rings. The van der Waals surface area contributed by atoms with E-state index in [9.17, 15) is 8.42 Å². The van der Waals surface area contributed by atoms with Crippen LogP contribution in [0, 0.1) is 5.92 Å². The lowest BCUT2D eigenvalue weighted by atomic mass is 10.1. The van der Waals surface area contributed by atoms with E-state index in [0.29, 0.717) is 11.6 Å². The van der Waals surface area contributed by atoms with Gasteiger partial charge in [-0.05, 0) is 18.1 Å². The topological polar surface area (TPSA) is 88.4 Å². The summed E-state index contributed by atoms with van der Waals surface area (Å²) in [5.41, 5.74) is 2.17. The fourth-order valence-corrected chi connectivity index (χ4v) is 3.55. The van der Waals surface area contributed by atoms with Crippen molar-refractivity contribution >= 4 is 37.1 Å². The van der Waals surface area contributed by atoms with Crippen LogP contribution >= 0.6 is 11.3 Å². The summed E-state index contributed by atoms with van der Waals surface area (Å²) in [4.78, 5) is 5.18. The molecule has 2 heterocycles.